The van der Waals surface area contributed by atoms with Crippen molar-refractivity contribution >= 4 is 23.5 Å². The minimum atomic E-state index is -1.06. The number of hydrogen-bond acceptors (Lipinski definition) is 3. The van der Waals surface area contributed by atoms with E-state index in [0.717, 1.165) is 0 Å². The number of carbonyl (C=O) groups excluding carboxylic acids is 1. The van der Waals surface area contributed by atoms with Gasteiger partial charge in [0.1, 0.15) is 11.9 Å². The molecule has 0 aromatic carbocycles. The molecule has 0 bridgehead atoms. The molecular formula is C7H13ClN2O3. The van der Waals surface area contributed by atoms with Gasteiger partial charge < -0.3 is 16.2 Å². The van der Waals surface area contributed by atoms with Gasteiger partial charge in [0.15, 0.2) is 0 Å². The van der Waals surface area contributed by atoms with E-state index >= 15 is 0 Å². The van der Waals surface area contributed by atoms with E-state index in [-0.39, 0.29) is 5.88 Å². The Morgan fingerprint density at radius 1 is 1.54 bits per heavy atom. The largest absolute Gasteiger partial charge is 0.480 e. The first-order valence-electron chi connectivity index (χ1n) is 3.90. The Morgan fingerprint density at radius 3 is 2.54 bits per heavy atom. The fourth-order valence-corrected chi connectivity index (χ4v) is 0.889. The summed E-state index contributed by atoms with van der Waals surface area (Å²) in [5.41, 5.74) is 5.21. The van der Waals surface area contributed by atoms with Crippen LogP contribution in [-0.2, 0) is 9.59 Å². The number of halogens is 1. The van der Waals surface area contributed by atoms with E-state index in [1.54, 1.807) is 0 Å². The van der Waals surface area contributed by atoms with Crippen LogP contribution in [0.15, 0.2) is 0 Å². The molecule has 13 heavy (non-hydrogen) atoms. The molecule has 0 aliphatic rings. The molecule has 0 spiro atoms. The fourth-order valence-electron chi connectivity index (χ4n) is 0.812. The van der Waals surface area contributed by atoms with E-state index in [1.165, 1.54) is 0 Å². The summed E-state index contributed by atoms with van der Waals surface area (Å²) in [7, 11) is 0. The number of carbonyl (C=O) groups is 2. The molecule has 1 amide bonds. The molecule has 5 nitrogen and oxygen atoms in total. The standard InChI is InChI=1S/C7H13ClN2O3/c8-4-6(11)10-5(7(12)13)2-1-3-9/h5H,1-4,9H2,(H,10,11)(H,12,13)/t5-/m0/s1. The van der Waals surface area contributed by atoms with E-state index in [4.69, 9.17) is 22.4 Å². The predicted molar refractivity (Wildman–Crippen MR) is 48.6 cm³/mol. The number of carboxylic acids is 1. The third-order valence-corrected chi connectivity index (χ3v) is 1.69. The molecule has 0 aliphatic carbocycles. The maximum Gasteiger partial charge on any atom is 0.326 e. The summed E-state index contributed by atoms with van der Waals surface area (Å²) in [4.78, 5) is 21.3. The molecule has 0 heterocycles. The minimum Gasteiger partial charge on any atom is -0.480 e. The van der Waals surface area contributed by atoms with Crippen LogP contribution in [0.25, 0.3) is 0 Å². The fraction of sp³-hybridized carbons (Fsp3) is 0.714. The number of hydrogen-bond donors (Lipinski definition) is 3. The van der Waals surface area contributed by atoms with Crippen LogP contribution in [0.4, 0.5) is 0 Å². The van der Waals surface area contributed by atoms with Gasteiger partial charge in [-0.05, 0) is 19.4 Å². The van der Waals surface area contributed by atoms with Crippen LogP contribution in [0, 0.1) is 0 Å². The number of nitrogens with two attached hydrogens (primary N) is 1. The van der Waals surface area contributed by atoms with Crippen molar-refractivity contribution in [2.24, 2.45) is 5.73 Å². The molecule has 0 radical (unpaired) electrons. The van der Waals surface area contributed by atoms with E-state index in [0.29, 0.717) is 19.4 Å². The Morgan fingerprint density at radius 2 is 2.15 bits per heavy atom. The Hall–Kier alpha value is -0.810. The van der Waals surface area contributed by atoms with Gasteiger partial charge in [0.05, 0.1) is 0 Å². The number of alkyl halides is 1. The highest BCUT2D eigenvalue weighted by Gasteiger charge is 2.18. The molecule has 0 rings (SSSR count). The van der Waals surface area contributed by atoms with Crippen molar-refractivity contribution in [2.45, 2.75) is 18.9 Å². The summed E-state index contributed by atoms with van der Waals surface area (Å²) >= 11 is 5.21. The first-order valence-corrected chi connectivity index (χ1v) is 4.43. The first-order chi connectivity index (χ1) is 6.11. The highest BCUT2D eigenvalue weighted by Crippen LogP contribution is 1.96. The van der Waals surface area contributed by atoms with Crippen molar-refractivity contribution in [3.05, 3.63) is 0 Å². The van der Waals surface area contributed by atoms with Gasteiger partial charge in [0.25, 0.3) is 0 Å². The Labute approximate surface area is 81.2 Å². The minimum absolute atomic E-state index is 0.230. The van der Waals surface area contributed by atoms with Crippen molar-refractivity contribution in [3.8, 4) is 0 Å². The smallest absolute Gasteiger partial charge is 0.326 e. The van der Waals surface area contributed by atoms with Gasteiger partial charge in [0, 0.05) is 0 Å². The molecular weight excluding hydrogens is 196 g/mol. The monoisotopic (exact) mass is 208 g/mol. The van der Waals surface area contributed by atoms with E-state index < -0.39 is 17.9 Å². The zero-order valence-corrected chi connectivity index (χ0v) is 7.88. The molecule has 1 atom stereocenters. The summed E-state index contributed by atoms with van der Waals surface area (Å²) in [6.45, 7) is 0.403. The molecule has 0 aromatic heterocycles. The van der Waals surface area contributed by atoms with Crippen molar-refractivity contribution in [2.75, 3.05) is 12.4 Å². The first kappa shape index (κ1) is 12.2. The SMILES string of the molecule is NCCC[C@H](NC(=O)CCl)C(=O)O. The maximum absolute atomic E-state index is 10.8. The number of rotatable bonds is 6. The second kappa shape index (κ2) is 6.68. The van der Waals surface area contributed by atoms with Crippen LogP contribution in [-0.4, -0.2) is 35.4 Å². The van der Waals surface area contributed by atoms with Gasteiger partial charge >= 0.3 is 5.97 Å². The lowest BCUT2D eigenvalue weighted by molar-refractivity contribution is -0.141. The molecule has 6 heteroatoms. The molecule has 0 aliphatic heterocycles. The van der Waals surface area contributed by atoms with Crippen LogP contribution in [0.1, 0.15) is 12.8 Å². The van der Waals surface area contributed by atoms with Gasteiger partial charge in [0.2, 0.25) is 5.91 Å². The second-order valence-electron chi connectivity index (χ2n) is 2.52. The van der Waals surface area contributed by atoms with Gasteiger partial charge in [-0.15, -0.1) is 11.6 Å². The zero-order chi connectivity index (χ0) is 10.3. The highest BCUT2D eigenvalue weighted by atomic mass is 35.5. The zero-order valence-electron chi connectivity index (χ0n) is 7.12. The molecule has 76 valence electrons. The van der Waals surface area contributed by atoms with Crippen molar-refractivity contribution in [3.63, 3.8) is 0 Å². The summed E-state index contributed by atoms with van der Waals surface area (Å²) in [6, 6.07) is -0.880. The van der Waals surface area contributed by atoms with E-state index in [9.17, 15) is 9.59 Å². The van der Waals surface area contributed by atoms with Crippen LogP contribution >= 0.6 is 11.6 Å². The molecule has 4 N–H and O–H groups in total. The molecule has 0 aromatic rings. The van der Waals surface area contributed by atoms with Crippen LogP contribution in [0.2, 0.25) is 0 Å². The predicted octanol–water partition coefficient (Wildman–Crippen LogP) is -0.467. The Balaban J connectivity index is 3.94. The molecule has 0 unspecified atom stereocenters. The van der Waals surface area contributed by atoms with Crippen LogP contribution in [0.5, 0.6) is 0 Å². The number of amides is 1. The summed E-state index contributed by atoms with van der Waals surface area (Å²) in [5.74, 6) is -1.77. The van der Waals surface area contributed by atoms with Crippen molar-refractivity contribution in [1.82, 2.24) is 5.32 Å². The van der Waals surface area contributed by atoms with Gasteiger partial charge in [-0.25, -0.2) is 4.79 Å². The lowest BCUT2D eigenvalue weighted by atomic mass is 10.1. The molecule has 0 saturated carbocycles. The third-order valence-electron chi connectivity index (χ3n) is 1.45. The lowest BCUT2D eigenvalue weighted by Crippen LogP contribution is -2.41. The third kappa shape index (κ3) is 5.43. The van der Waals surface area contributed by atoms with Crippen molar-refractivity contribution < 1.29 is 14.7 Å². The summed E-state index contributed by atoms with van der Waals surface area (Å²) in [5, 5.41) is 10.9. The van der Waals surface area contributed by atoms with Crippen molar-refractivity contribution in [1.29, 1.82) is 0 Å². The highest BCUT2D eigenvalue weighted by molar-refractivity contribution is 6.27. The van der Waals surface area contributed by atoms with Gasteiger partial charge in [-0.1, -0.05) is 0 Å². The lowest BCUT2D eigenvalue weighted by Gasteiger charge is -2.12. The number of nitrogens with one attached hydrogen (secondary N) is 1. The average Bonchev–Trinajstić information content (AvgIpc) is 2.11. The number of carboxylic acid groups (broad SMARTS) is 1. The molecule has 0 saturated heterocycles. The van der Waals surface area contributed by atoms with Crippen LogP contribution in [0.3, 0.4) is 0 Å². The number of aliphatic carboxylic acids is 1. The maximum atomic E-state index is 10.8. The summed E-state index contributed by atoms with van der Waals surface area (Å²) < 4.78 is 0. The quantitative estimate of drug-likeness (QED) is 0.515. The Kier molecular flexibility index (Phi) is 6.26. The van der Waals surface area contributed by atoms with E-state index in [2.05, 4.69) is 5.32 Å². The van der Waals surface area contributed by atoms with Gasteiger partial charge in [-0.2, -0.15) is 0 Å². The average molecular weight is 209 g/mol. The summed E-state index contributed by atoms with van der Waals surface area (Å²) in [6.07, 6.45) is 0.883. The Bertz CT molecular complexity index is 187. The van der Waals surface area contributed by atoms with Crippen LogP contribution < -0.4 is 11.1 Å². The van der Waals surface area contributed by atoms with E-state index in [1.807, 2.05) is 0 Å². The van der Waals surface area contributed by atoms with Gasteiger partial charge in [-0.3, -0.25) is 4.79 Å². The molecule has 0 fully saturated rings. The normalized spacial score (nSPS) is 12.2. The topological polar surface area (TPSA) is 92.4 Å². The second-order valence-corrected chi connectivity index (χ2v) is 2.79.